The van der Waals surface area contributed by atoms with Crippen LogP contribution in [0.1, 0.15) is 56.1 Å². The first-order valence-electron chi connectivity index (χ1n) is 9.25. The second-order valence-corrected chi connectivity index (χ2v) is 7.14. The van der Waals surface area contributed by atoms with Crippen molar-refractivity contribution < 1.29 is 9.59 Å². The lowest BCUT2D eigenvalue weighted by atomic mass is 9.84. The van der Waals surface area contributed by atoms with Crippen LogP contribution in [0.15, 0.2) is 24.3 Å². The molecule has 0 radical (unpaired) electrons. The first-order valence-corrected chi connectivity index (χ1v) is 9.25. The molecule has 1 aliphatic carbocycles. The van der Waals surface area contributed by atoms with E-state index in [2.05, 4.69) is 24.3 Å². The highest BCUT2D eigenvalue weighted by Gasteiger charge is 2.22. The van der Waals surface area contributed by atoms with Gasteiger partial charge < -0.3 is 9.80 Å². The summed E-state index contributed by atoms with van der Waals surface area (Å²) < 4.78 is 0. The summed E-state index contributed by atoms with van der Waals surface area (Å²) in [4.78, 5) is 27.5. The molecule has 1 aromatic carbocycles. The number of amides is 2. The van der Waals surface area contributed by atoms with Crippen molar-refractivity contribution in [2.45, 2.75) is 51.4 Å². The molecule has 1 saturated heterocycles. The van der Waals surface area contributed by atoms with Gasteiger partial charge in [0.1, 0.15) is 0 Å². The van der Waals surface area contributed by atoms with E-state index in [0.717, 1.165) is 5.56 Å². The van der Waals surface area contributed by atoms with Crippen molar-refractivity contribution in [1.29, 1.82) is 0 Å². The number of hydrogen-bond acceptors (Lipinski definition) is 2. The third-order valence-corrected chi connectivity index (χ3v) is 5.49. The Balaban J connectivity index is 1.52. The second kappa shape index (κ2) is 7.82. The highest BCUT2D eigenvalue weighted by Crippen LogP contribution is 2.32. The van der Waals surface area contributed by atoms with Crippen LogP contribution >= 0.6 is 0 Å². The molecule has 130 valence electrons. The molecule has 1 heterocycles. The summed E-state index contributed by atoms with van der Waals surface area (Å²) in [5, 5.41) is 0. The summed E-state index contributed by atoms with van der Waals surface area (Å²) in [7, 11) is 0. The molecule has 3 rings (SSSR count). The Hall–Kier alpha value is -1.84. The molecule has 4 nitrogen and oxygen atoms in total. The number of benzene rings is 1. The van der Waals surface area contributed by atoms with Gasteiger partial charge in [-0.1, -0.05) is 43.5 Å². The van der Waals surface area contributed by atoms with E-state index < -0.39 is 0 Å². The zero-order valence-electron chi connectivity index (χ0n) is 14.7. The molecule has 1 saturated carbocycles. The Labute approximate surface area is 144 Å². The quantitative estimate of drug-likeness (QED) is 0.856. The maximum Gasteiger partial charge on any atom is 0.227 e. The number of carbonyl (C=O) groups is 2. The topological polar surface area (TPSA) is 40.6 Å². The molecule has 24 heavy (non-hydrogen) atoms. The van der Waals surface area contributed by atoms with E-state index >= 15 is 0 Å². The van der Waals surface area contributed by atoms with Crippen LogP contribution in [0.3, 0.4) is 0 Å². The molecule has 0 bridgehead atoms. The molecule has 0 spiro atoms. The second-order valence-electron chi connectivity index (χ2n) is 7.14. The van der Waals surface area contributed by atoms with Crippen molar-refractivity contribution in [2.75, 3.05) is 26.2 Å². The molecule has 0 N–H and O–H groups in total. The molecule has 1 aliphatic heterocycles. The average molecular weight is 328 g/mol. The van der Waals surface area contributed by atoms with Crippen LogP contribution in [0.2, 0.25) is 0 Å². The van der Waals surface area contributed by atoms with Crippen LogP contribution in [0.25, 0.3) is 0 Å². The van der Waals surface area contributed by atoms with Crippen LogP contribution in [0, 0.1) is 0 Å². The van der Waals surface area contributed by atoms with Crippen LogP contribution in [0.5, 0.6) is 0 Å². The Kier molecular flexibility index (Phi) is 5.54. The lowest BCUT2D eigenvalue weighted by Crippen LogP contribution is -2.50. The van der Waals surface area contributed by atoms with Gasteiger partial charge in [-0.05, 0) is 29.9 Å². The lowest BCUT2D eigenvalue weighted by Gasteiger charge is -2.34. The average Bonchev–Trinajstić information content (AvgIpc) is 2.63. The van der Waals surface area contributed by atoms with Gasteiger partial charge in [0, 0.05) is 33.1 Å². The number of piperazine rings is 1. The summed E-state index contributed by atoms with van der Waals surface area (Å²) in [6, 6.07) is 8.67. The monoisotopic (exact) mass is 328 g/mol. The van der Waals surface area contributed by atoms with E-state index in [-0.39, 0.29) is 11.8 Å². The summed E-state index contributed by atoms with van der Waals surface area (Å²) in [6.07, 6.45) is 7.14. The zero-order valence-corrected chi connectivity index (χ0v) is 14.7. The van der Waals surface area contributed by atoms with Crippen LogP contribution in [0.4, 0.5) is 0 Å². The maximum absolute atomic E-state index is 12.5. The van der Waals surface area contributed by atoms with Crippen LogP contribution in [-0.2, 0) is 16.0 Å². The largest absolute Gasteiger partial charge is 0.339 e. The standard InChI is InChI=1S/C20H28N2O2/c1-16(23)21-11-13-22(14-12-21)20(24)15-17-7-9-19(10-8-17)18-5-3-2-4-6-18/h7-10,18H,2-6,11-15H2,1H3. The third kappa shape index (κ3) is 4.16. The molecule has 2 amide bonds. The van der Waals surface area contributed by atoms with Crippen molar-refractivity contribution in [3.05, 3.63) is 35.4 Å². The Morgan fingerprint density at radius 3 is 2.08 bits per heavy atom. The first kappa shape index (κ1) is 17.0. The number of nitrogens with zero attached hydrogens (tertiary/aromatic N) is 2. The minimum Gasteiger partial charge on any atom is -0.339 e. The Morgan fingerprint density at radius 1 is 0.917 bits per heavy atom. The molecular formula is C20H28N2O2. The van der Waals surface area contributed by atoms with Gasteiger partial charge in [-0.3, -0.25) is 9.59 Å². The van der Waals surface area contributed by atoms with E-state index in [1.165, 1.54) is 37.7 Å². The van der Waals surface area contributed by atoms with Gasteiger partial charge in [0.2, 0.25) is 11.8 Å². The van der Waals surface area contributed by atoms with E-state index in [4.69, 9.17) is 0 Å². The molecule has 0 unspecified atom stereocenters. The van der Waals surface area contributed by atoms with Gasteiger partial charge in [0.05, 0.1) is 6.42 Å². The first-order chi connectivity index (χ1) is 11.6. The number of carbonyl (C=O) groups excluding carboxylic acids is 2. The molecule has 0 atom stereocenters. The van der Waals surface area contributed by atoms with E-state index in [0.29, 0.717) is 38.5 Å². The maximum atomic E-state index is 12.5. The van der Waals surface area contributed by atoms with Gasteiger partial charge in [-0.2, -0.15) is 0 Å². The SMILES string of the molecule is CC(=O)N1CCN(C(=O)Cc2ccc(C3CCCCC3)cc2)CC1. The van der Waals surface area contributed by atoms with Crippen LogP contribution in [-0.4, -0.2) is 47.8 Å². The fraction of sp³-hybridized carbons (Fsp3) is 0.600. The predicted molar refractivity (Wildman–Crippen MR) is 94.8 cm³/mol. The minimum atomic E-state index is 0.0976. The number of rotatable bonds is 3. The molecule has 4 heteroatoms. The molecular weight excluding hydrogens is 300 g/mol. The third-order valence-electron chi connectivity index (χ3n) is 5.49. The smallest absolute Gasteiger partial charge is 0.227 e. The lowest BCUT2D eigenvalue weighted by molar-refractivity contribution is -0.138. The summed E-state index contributed by atoms with van der Waals surface area (Å²) in [5.74, 6) is 0.979. The molecule has 2 aliphatic rings. The summed E-state index contributed by atoms with van der Waals surface area (Å²) in [6.45, 7) is 4.20. The summed E-state index contributed by atoms with van der Waals surface area (Å²) >= 11 is 0. The Morgan fingerprint density at radius 2 is 1.50 bits per heavy atom. The van der Waals surface area contributed by atoms with Gasteiger partial charge in [0.15, 0.2) is 0 Å². The fourth-order valence-electron chi connectivity index (χ4n) is 3.90. The molecule has 2 fully saturated rings. The minimum absolute atomic E-state index is 0.0976. The highest BCUT2D eigenvalue weighted by atomic mass is 16.2. The van der Waals surface area contributed by atoms with Crippen LogP contribution < -0.4 is 0 Å². The van der Waals surface area contributed by atoms with Crippen molar-refractivity contribution in [3.63, 3.8) is 0 Å². The van der Waals surface area contributed by atoms with Crippen molar-refractivity contribution in [3.8, 4) is 0 Å². The van der Waals surface area contributed by atoms with Crippen molar-refractivity contribution >= 4 is 11.8 Å². The van der Waals surface area contributed by atoms with E-state index in [1.54, 1.807) is 6.92 Å². The van der Waals surface area contributed by atoms with Gasteiger partial charge in [-0.15, -0.1) is 0 Å². The fourth-order valence-corrected chi connectivity index (χ4v) is 3.90. The normalized spacial score (nSPS) is 19.4. The highest BCUT2D eigenvalue weighted by molar-refractivity contribution is 5.79. The van der Waals surface area contributed by atoms with Gasteiger partial charge >= 0.3 is 0 Å². The Bertz CT molecular complexity index is 568. The molecule has 0 aromatic heterocycles. The van der Waals surface area contributed by atoms with E-state index in [1.807, 2.05) is 9.80 Å². The van der Waals surface area contributed by atoms with Gasteiger partial charge in [0.25, 0.3) is 0 Å². The van der Waals surface area contributed by atoms with E-state index in [9.17, 15) is 9.59 Å². The zero-order chi connectivity index (χ0) is 16.9. The van der Waals surface area contributed by atoms with Crippen molar-refractivity contribution in [2.24, 2.45) is 0 Å². The van der Waals surface area contributed by atoms with Crippen molar-refractivity contribution in [1.82, 2.24) is 9.80 Å². The molecule has 1 aromatic rings. The predicted octanol–water partition coefficient (Wildman–Crippen LogP) is 2.97. The number of hydrogen-bond donors (Lipinski definition) is 0. The summed E-state index contributed by atoms with van der Waals surface area (Å²) in [5.41, 5.74) is 2.52. The van der Waals surface area contributed by atoms with Gasteiger partial charge in [-0.25, -0.2) is 0 Å².